The highest BCUT2D eigenvalue weighted by Gasteiger charge is 2.22. The van der Waals surface area contributed by atoms with Crippen molar-refractivity contribution in [2.24, 2.45) is 0 Å². The van der Waals surface area contributed by atoms with Gasteiger partial charge in [-0.1, -0.05) is 5.21 Å². The molecule has 0 spiro atoms. The van der Waals surface area contributed by atoms with E-state index in [0.717, 1.165) is 5.69 Å². The quantitative estimate of drug-likeness (QED) is 0.831. The van der Waals surface area contributed by atoms with Crippen molar-refractivity contribution in [1.82, 2.24) is 25.3 Å². The van der Waals surface area contributed by atoms with Crippen LogP contribution in [0.5, 0.6) is 0 Å². The topological polar surface area (TPSA) is 132 Å². The van der Waals surface area contributed by atoms with Crippen LogP contribution in [0.4, 0.5) is 4.79 Å². The molecule has 0 radical (unpaired) electrons. The summed E-state index contributed by atoms with van der Waals surface area (Å²) in [4.78, 5) is 27.3. The summed E-state index contributed by atoms with van der Waals surface area (Å²) in [5, 5.41) is 19.2. The lowest BCUT2D eigenvalue weighted by Crippen LogP contribution is -2.33. The van der Waals surface area contributed by atoms with Gasteiger partial charge in [-0.15, -0.1) is 5.10 Å². The van der Waals surface area contributed by atoms with Gasteiger partial charge < -0.3 is 19.6 Å². The van der Waals surface area contributed by atoms with E-state index in [-0.39, 0.29) is 24.5 Å². The lowest BCUT2D eigenvalue weighted by atomic mass is 10.2. The van der Waals surface area contributed by atoms with E-state index in [1.165, 1.54) is 4.68 Å². The third kappa shape index (κ3) is 4.78. The Bertz CT molecular complexity index is 767. The molecule has 2 rings (SSSR count). The number of aromatic carboxylic acids is 1. The van der Waals surface area contributed by atoms with E-state index in [1.54, 1.807) is 34.6 Å². The number of aryl methyl sites for hydroxylation is 2. The maximum absolute atomic E-state index is 11.8. The third-order valence-electron chi connectivity index (χ3n) is 3.20. The number of amides is 1. The number of carboxylic acid groups (broad SMARTS) is 1. The van der Waals surface area contributed by atoms with Gasteiger partial charge >= 0.3 is 12.1 Å². The van der Waals surface area contributed by atoms with Crippen molar-refractivity contribution < 1.29 is 23.8 Å². The van der Waals surface area contributed by atoms with Crippen molar-refractivity contribution in [2.75, 3.05) is 0 Å². The van der Waals surface area contributed by atoms with Crippen LogP contribution in [-0.4, -0.2) is 42.7 Å². The predicted molar refractivity (Wildman–Crippen MR) is 85.1 cm³/mol. The van der Waals surface area contributed by atoms with Crippen molar-refractivity contribution >= 4 is 12.1 Å². The first-order valence-corrected chi connectivity index (χ1v) is 7.62. The molecule has 0 aliphatic heterocycles. The van der Waals surface area contributed by atoms with E-state index in [2.05, 4.69) is 20.6 Å². The molecule has 10 nitrogen and oxygen atoms in total. The average molecular weight is 351 g/mol. The van der Waals surface area contributed by atoms with Crippen LogP contribution in [0, 0.1) is 13.8 Å². The van der Waals surface area contributed by atoms with Crippen LogP contribution >= 0.6 is 0 Å². The summed E-state index contributed by atoms with van der Waals surface area (Å²) >= 11 is 0. The van der Waals surface area contributed by atoms with Crippen LogP contribution < -0.4 is 5.32 Å². The fourth-order valence-corrected chi connectivity index (χ4v) is 2.01. The Morgan fingerprint density at radius 3 is 2.52 bits per heavy atom. The molecule has 0 bridgehead atoms. The Morgan fingerprint density at radius 2 is 2.00 bits per heavy atom. The molecule has 0 aromatic carbocycles. The zero-order chi connectivity index (χ0) is 18.8. The van der Waals surface area contributed by atoms with Crippen molar-refractivity contribution in [3.8, 4) is 0 Å². The normalized spacial score (nSPS) is 11.4. The lowest BCUT2D eigenvalue weighted by Gasteiger charge is -2.19. The highest BCUT2D eigenvalue weighted by Crippen LogP contribution is 2.13. The standard InChI is InChI=1S/C15H21N5O5/c1-8-9(2)24-11(17-8)7-20-10(12(13(21)22)18-19-20)6-16-14(23)25-15(3,4)5/h6-7H2,1-5H3,(H,16,23)(H,21,22). The maximum atomic E-state index is 11.8. The summed E-state index contributed by atoms with van der Waals surface area (Å²) in [5.74, 6) is -0.204. The number of aromatic nitrogens is 4. The van der Waals surface area contributed by atoms with Gasteiger partial charge in [0.05, 0.1) is 17.9 Å². The van der Waals surface area contributed by atoms with E-state index in [9.17, 15) is 14.7 Å². The fraction of sp³-hybridized carbons (Fsp3) is 0.533. The highest BCUT2D eigenvalue weighted by atomic mass is 16.6. The number of alkyl carbamates (subject to hydrolysis) is 1. The lowest BCUT2D eigenvalue weighted by molar-refractivity contribution is 0.0519. The number of carbonyl (C=O) groups is 2. The van der Waals surface area contributed by atoms with E-state index in [1.807, 2.05) is 0 Å². The molecule has 0 aliphatic carbocycles. The number of carbonyl (C=O) groups excluding carboxylic acids is 1. The Labute approximate surface area is 144 Å². The van der Waals surface area contributed by atoms with Crippen molar-refractivity contribution in [1.29, 1.82) is 0 Å². The van der Waals surface area contributed by atoms with Crippen molar-refractivity contribution in [2.45, 2.75) is 53.3 Å². The predicted octanol–water partition coefficient (Wildman–Crippen LogP) is 1.65. The van der Waals surface area contributed by atoms with Gasteiger partial charge in [0.15, 0.2) is 5.69 Å². The van der Waals surface area contributed by atoms with Crippen LogP contribution in [-0.2, 0) is 17.8 Å². The molecule has 0 saturated carbocycles. The van der Waals surface area contributed by atoms with E-state index in [0.29, 0.717) is 11.7 Å². The van der Waals surface area contributed by atoms with Gasteiger partial charge in [-0.3, -0.25) is 0 Å². The Balaban J connectivity index is 2.18. The minimum absolute atomic E-state index is 0.0975. The number of rotatable bonds is 5. The molecule has 0 atom stereocenters. The van der Waals surface area contributed by atoms with Gasteiger partial charge in [0.1, 0.15) is 17.9 Å². The molecular formula is C15H21N5O5. The highest BCUT2D eigenvalue weighted by molar-refractivity contribution is 5.86. The summed E-state index contributed by atoms with van der Waals surface area (Å²) < 4.78 is 11.9. The number of oxazole rings is 1. The van der Waals surface area contributed by atoms with Crippen LogP contribution in [0.25, 0.3) is 0 Å². The monoisotopic (exact) mass is 351 g/mol. The molecule has 0 unspecified atom stereocenters. The second-order valence-corrected chi connectivity index (χ2v) is 6.45. The second kappa shape index (κ2) is 6.91. The maximum Gasteiger partial charge on any atom is 0.407 e. The van der Waals surface area contributed by atoms with Crippen LogP contribution in [0.2, 0.25) is 0 Å². The SMILES string of the molecule is Cc1nc(Cn2nnc(C(=O)O)c2CNC(=O)OC(C)(C)C)oc1C. The third-order valence-corrected chi connectivity index (χ3v) is 3.20. The summed E-state index contributed by atoms with van der Waals surface area (Å²) in [7, 11) is 0. The van der Waals surface area contributed by atoms with Gasteiger partial charge in [-0.2, -0.15) is 0 Å². The van der Waals surface area contributed by atoms with Crippen molar-refractivity contribution in [3.05, 3.63) is 28.7 Å². The van der Waals surface area contributed by atoms with E-state index < -0.39 is 17.7 Å². The van der Waals surface area contributed by atoms with Gasteiger partial charge in [0.25, 0.3) is 0 Å². The molecule has 2 aromatic rings. The zero-order valence-corrected chi connectivity index (χ0v) is 14.8. The number of nitrogens with zero attached hydrogens (tertiary/aromatic N) is 4. The largest absolute Gasteiger partial charge is 0.476 e. The summed E-state index contributed by atoms with van der Waals surface area (Å²) in [6.07, 6.45) is -0.667. The number of ether oxygens (including phenoxy) is 1. The number of hydrogen-bond acceptors (Lipinski definition) is 7. The molecule has 2 heterocycles. The average Bonchev–Trinajstić information content (AvgIpc) is 2.99. The molecule has 2 aromatic heterocycles. The molecule has 0 fully saturated rings. The van der Waals surface area contributed by atoms with Gasteiger partial charge in [-0.25, -0.2) is 19.3 Å². The van der Waals surface area contributed by atoms with Crippen LogP contribution in [0.3, 0.4) is 0 Å². The first-order chi connectivity index (χ1) is 11.6. The second-order valence-electron chi connectivity index (χ2n) is 6.45. The number of nitrogens with one attached hydrogen (secondary N) is 1. The molecule has 2 N–H and O–H groups in total. The molecule has 0 saturated heterocycles. The summed E-state index contributed by atoms with van der Waals surface area (Å²) in [5.41, 5.74) is 0.0376. The Kier molecular flexibility index (Phi) is 5.10. The zero-order valence-electron chi connectivity index (χ0n) is 14.8. The molecule has 0 aliphatic rings. The first kappa shape index (κ1) is 18.4. The molecule has 10 heteroatoms. The van der Waals surface area contributed by atoms with Gasteiger partial charge in [0, 0.05) is 0 Å². The molecular weight excluding hydrogens is 330 g/mol. The smallest absolute Gasteiger partial charge is 0.407 e. The van der Waals surface area contributed by atoms with Crippen LogP contribution in [0.1, 0.15) is 54.3 Å². The summed E-state index contributed by atoms with van der Waals surface area (Å²) in [6.45, 7) is 8.76. The molecule has 136 valence electrons. The van der Waals surface area contributed by atoms with E-state index >= 15 is 0 Å². The van der Waals surface area contributed by atoms with Crippen LogP contribution in [0.15, 0.2) is 4.42 Å². The molecule has 1 amide bonds. The minimum atomic E-state index is -1.24. The Hall–Kier alpha value is -2.91. The molecule has 25 heavy (non-hydrogen) atoms. The van der Waals surface area contributed by atoms with E-state index in [4.69, 9.17) is 9.15 Å². The van der Waals surface area contributed by atoms with Crippen molar-refractivity contribution in [3.63, 3.8) is 0 Å². The fourth-order valence-electron chi connectivity index (χ4n) is 2.01. The number of carboxylic acids is 1. The Morgan fingerprint density at radius 1 is 1.32 bits per heavy atom. The number of hydrogen-bond donors (Lipinski definition) is 2. The summed E-state index contributed by atoms with van der Waals surface area (Å²) in [6, 6.07) is 0. The first-order valence-electron chi connectivity index (χ1n) is 7.62. The minimum Gasteiger partial charge on any atom is -0.476 e. The van der Waals surface area contributed by atoms with Gasteiger partial charge in [0.2, 0.25) is 5.89 Å². The van der Waals surface area contributed by atoms with Gasteiger partial charge in [-0.05, 0) is 34.6 Å².